The number of hydrogen-bond donors (Lipinski definition) is 3. The summed E-state index contributed by atoms with van der Waals surface area (Å²) in [6.07, 6.45) is -5.56. The van der Waals surface area contributed by atoms with Crippen molar-refractivity contribution >= 4 is 28.5 Å². The van der Waals surface area contributed by atoms with Crippen LogP contribution in [0.5, 0.6) is 0 Å². The Bertz CT molecular complexity index is 581. The maximum atomic E-state index is 12.6. The number of aliphatic hydroxyl groups is 1. The molecule has 1 rings (SSSR count). The van der Waals surface area contributed by atoms with E-state index in [1.165, 1.54) is 0 Å². The van der Waals surface area contributed by atoms with Crippen LogP contribution in [0.15, 0.2) is 0 Å². The van der Waals surface area contributed by atoms with Crippen LogP contribution in [0.3, 0.4) is 0 Å². The summed E-state index contributed by atoms with van der Waals surface area (Å²) in [5, 5.41) is 12.8. The number of rotatable bonds is 4. The fraction of sp³-hybridized carbons (Fsp3) is 0.583. The van der Waals surface area contributed by atoms with Gasteiger partial charge in [-0.2, -0.15) is 13.2 Å². The predicted octanol–water partition coefficient (Wildman–Crippen LogP) is 2.12. The number of aromatic nitrogens is 1. The molecule has 2 amide bonds. The molecule has 0 saturated carbocycles. The molecule has 0 radical (unpaired) electrons. The predicted molar refractivity (Wildman–Crippen MR) is 75.9 cm³/mol. The number of ether oxygens (including phenoxy) is 1. The Kier molecular flexibility index (Phi) is 5.94. The van der Waals surface area contributed by atoms with Gasteiger partial charge in [-0.25, -0.2) is 9.78 Å². The molecule has 3 N–H and O–H groups in total. The van der Waals surface area contributed by atoms with Crippen molar-refractivity contribution in [2.24, 2.45) is 0 Å². The van der Waals surface area contributed by atoms with E-state index in [4.69, 9.17) is 9.84 Å². The summed E-state index contributed by atoms with van der Waals surface area (Å²) in [7, 11) is 0. The van der Waals surface area contributed by atoms with Gasteiger partial charge >= 0.3 is 12.3 Å². The molecule has 0 fully saturated rings. The highest BCUT2D eigenvalue weighted by Gasteiger charge is 2.37. The van der Waals surface area contributed by atoms with Crippen molar-refractivity contribution < 1.29 is 32.6 Å². The van der Waals surface area contributed by atoms with Gasteiger partial charge in [-0.3, -0.25) is 4.79 Å². The Morgan fingerprint density at radius 3 is 2.35 bits per heavy atom. The van der Waals surface area contributed by atoms with Crippen molar-refractivity contribution in [2.75, 3.05) is 11.9 Å². The number of carbonyl (C=O) groups excluding carboxylic acids is 2. The number of nitrogens with zero attached hydrogens (tertiary/aromatic N) is 1. The molecule has 0 unspecified atom stereocenters. The quantitative estimate of drug-likeness (QED) is 0.768. The molecule has 0 bridgehead atoms. The summed E-state index contributed by atoms with van der Waals surface area (Å²) in [5.74, 6) is -0.775. The van der Waals surface area contributed by atoms with E-state index in [-0.39, 0.29) is 5.13 Å². The zero-order chi connectivity index (χ0) is 17.8. The summed E-state index contributed by atoms with van der Waals surface area (Å²) in [6, 6.07) is 0. The fourth-order valence-corrected chi connectivity index (χ4v) is 2.22. The minimum absolute atomic E-state index is 0.322. The molecule has 0 aromatic carbocycles. The number of anilines is 1. The van der Waals surface area contributed by atoms with E-state index < -0.39 is 47.5 Å². The third-order valence-electron chi connectivity index (χ3n) is 2.15. The minimum Gasteiger partial charge on any atom is -0.444 e. The lowest BCUT2D eigenvalue weighted by Gasteiger charge is -2.19. The molecule has 1 heterocycles. The average Bonchev–Trinajstić information content (AvgIpc) is 2.77. The molecule has 1 aromatic rings. The second-order valence-electron chi connectivity index (χ2n) is 5.35. The molecule has 0 aliphatic rings. The number of halogens is 3. The minimum atomic E-state index is -4.73. The van der Waals surface area contributed by atoms with Crippen LogP contribution in [0.25, 0.3) is 0 Å². The van der Waals surface area contributed by atoms with Gasteiger partial charge in [0, 0.05) is 0 Å². The number of amides is 2. The highest BCUT2D eigenvalue weighted by atomic mass is 32.1. The number of thiazole rings is 1. The SMILES string of the molecule is CC(C)(C)OC(=O)NCC(=O)Nc1nc(C(F)(F)F)c(CO)s1. The molecule has 130 valence electrons. The molecule has 1 aromatic heterocycles. The summed E-state index contributed by atoms with van der Waals surface area (Å²) in [6.45, 7) is 3.56. The molecule has 11 heteroatoms. The molecule has 0 atom stereocenters. The number of carbonyl (C=O) groups is 2. The Hall–Kier alpha value is -1.88. The van der Waals surface area contributed by atoms with Gasteiger partial charge in [-0.05, 0) is 20.8 Å². The van der Waals surface area contributed by atoms with Crippen molar-refractivity contribution in [3.05, 3.63) is 10.6 Å². The lowest BCUT2D eigenvalue weighted by Crippen LogP contribution is -2.37. The lowest BCUT2D eigenvalue weighted by molar-refractivity contribution is -0.141. The topological polar surface area (TPSA) is 101 Å². The molecule has 0 aliphatic heterocycles. The van der Waals surface area contributed by atoms with Gasteiger partial charge in [0.05, 0.1) is 11.5 Å². The van der Waals surface area contributed by atoms with Gasteiger partial charge in [0.2, 0.25) is 5.91 Å². The third-order valence-corrected chi connectivity index (χ3v) is 3.10. The van der Waals surface area contributed by atoms with Gasteiger partial charge in [0.1, 0.15) is 12.1 Å². The van der Waals surface area contributed by atoms with Crippen LogP contribution in [0.1, 0.15) is 31.3 Å². The molecule has 0 saturated heterocycles. The summed E-state index contributed by atoms with van der Waals surface area (Å²) >= 11 is 0.502. The van der Waals surface area contributed by atoms with Crippen LogP contribution in [0.2, 0.25) is 0 Å². The smallest absolute Gasteiger partial charge is 0.434 e. The van der Waals surface area contributed by atoms with Crippen LogP contribution in [-0.4, -0.2) is 34.2 Å². The molecule has 7 nitrogen and oxygen atoms in total. The average molecular weight is 355 g/mol. The number of hydrogen-bond acceptors (Lipinski definition) is 6. The Balaban J connectivity index is 2.62. The van der Waals surface area contributed by atoms with Crippen LogP contribution in [0.4, 0.5) is 23.1 Å². The van der Waals surface area contributed by atoms with Crippen molar-refractivity contribution in [1.82, 2.24) is 10.3 Å². The van der Waals surface area contributed by atoms with Crippen LogP contribution in [-0.2, 0) is 22.3 Å². The van der Waals surface area contributed by atoms with Gasteiger partial charge < -0.3 is 20.5 Å². The van der Waals surface area contributed by atoms with Crippen molar-refractivity contribution in [2.45, 2.75) is 39.2 Å². The monoisotopic (exact) mass is 355 g/mol. The van der Waals surface area contributed by atoms with Gasteiger partial charge in [-0.15, -0.1) is 0 Å². The second-order valence-corrected chi connectivity index (χ2v) is 6.43. The van der Waals surface area contributed by atoms with E-state index in [0.717, 1.165) is 0 Å². The van der Waals surface area contributed by atoms with Gasteiger partial charge in [-0.1, -0.05) is 11.3 Å². The highest BCUT2D eigenvalue weighted by Crippen LogP contribution is 2.36. The lowest BCUT2D eigenvalue weighted by atomic mass is 10.2. The van der Waals surface area contributed by atoms with Crippen molar-refractivity contribution in [1.29, 1.82) is 0 Å². The maximum Gasteiger partial charge on any atom is 0.434 e. The third kappa shape index (κ3) is 6.40. The van der Waals surface area contributed by atoms with E-state index >= 15 is 0 Å². The van der Waals surface area contributed by atoms with Crippen molar-refractivity contribution in [3.8, 4) is 0 Å². The van der Waals surface area contributed by atoms with Crippen molar-refractivity contribution in [3.63, 3.8) is 0 Å². The normalized spacial score (nSPS) is 12.0. The highest BCUT2D eigenvalue weighted by molar-refractivity contribution is 7.15. The second kappa shape index (κ2) is 7.13. The van der Waals surface area contributed by atoms with E-state index in [0.29, 0.717) is 11.3 Å². The summed E-state index contributed by atoms with van der Waals surface area (Å²) < 4.78 is 42.8. The van der Waals surface area contributed by atoms with E-state index in [1.54, 1.807) is 20.8 Å². The fourth-order valence-electron chi connectivity index (χ4n) is 1.36. The first-order valence-electron chi connectivity index (χ1n) is 6.37. The zero-order valence-electron chi connectivity index (χ0n) is 12.6. The first-order valence-corrected chi connectivity index (χ1v) is 7.18. The zero-order valence-corrected chi connectivity index (χ0v) is 13.4. The largest absolute Gasteiger partial charge is 0.444 e. The summed E-state index contributed by atoms with van der Waals surface area (Å²) in [5.41, 5.74) is -1.99. The number of alkyl carbamates (subject to hydrolysis) is 1. The number of aliphatic hydroxyl groups excluding tert-OH is 1. The van der Waals surface area contributed by atoms with E-state index in [1.807, 2.05) is 0 Å². The first kappa shape index (κ1) is 19.2. The van der Waals surface area contributed by atoms with Crippen LogP contribution < -0.4 is 10.6 Å². The molecule has 0 aliphatic carbocycles. The van der Waals surface area contributed by atoms with E-state index in [9.17, 15) is 22.8 Å². The Morgan fingerprint density at radius 2 is 1.91 bits per heavy atom. The van der Waals surface area contributed by atoms with Crippen LogP contribution in [0, 0.1) is 0 Å². The molecular weight excluding hydrogens is 339 g/mol. The first-order chi connectivity index (χ1) is 10.4. The van der Waals surface area contributed by atoms with Gasteiger partial charge in [0.15, 0.2) is 10.8 Å². The standard InChI is InChI=1S/C12H16F3N3O4S/c1-11(2,3)22-10(21)16-4-7(20)17-9-18-8(12(13,14)15)6(5-19)23-9/h19H,4-5H2,1-3H3,(H,16,21)(H,17,18,20). The van der Waals surface area contributed by atoms with E-state index in [2.05, 4.69) is 15.6 Å². The number of alkyl halides is 3. The molecular formula is C12H16F3N3O4S. The van der Waals surface area contributed by atoms with Gasteiger partial charge in [0.25, 0.3) is 0 Å². The number of nitrogens with one attached hydrogen (secondary N) is 2. The Morgan fingerprint density at radius 1 is 1.30 bits per heavy atom. The Labute approximate surface area is 133 Å². The van der Waals surface area contributed by atoms with Crippen LogP contribution >= 0.6 is 11.3 Å². The summed E-state index contributed by atoms with van der Waals surface area (Å²) in [4.78, 5) is 25.8. The maximum absolute atomic E-state index is 12.6. The molecule has 23 heavy (non-hydrogen) atoms. The molecule has 0 spiro atoms.